The zero-order chi connectivity index (χ0) is 91.8. The summed E-state index contributed by atoms with van der Waals surface area (Å²) in [6.07, 6.45) is -19.4. The molecule has 125 heavy (non-hydrogen) atoms. The number of ether oxygens (including phenoxy) is 5. The predicted octanol–water partition coefficient (Wildman–Crippen LogP) is -6.35. The van der Waals surface area contributed by atoms with Gasteiger partial charge in [0.15, 0.2) is 104 Å². The van der Waals surface area contributed by atoms with E-state index in [1.54, 1.807) is 0 Å². The Balaban J connectivity index is 0.000000152. The van der Waals surface area contributed by atoms with Crippen molar-refractivity contribution in [2.24, 2.45) is 0 Å². The minimum absolute atomic E-state index is 0.0169. The van der Waals surface area contributed by atoms with Gasteiger partial charge in [0.2, 0.25) is 23.8 Å². The molecule has 0 aromatic carbocycles. The molecule has 5 aliphatic heterocycles. The Morgan fingerprint density at radius 2 is 0.784 bits per heavy atom. The van der Waals surface area contributed by atoms with Crippen molar-refractivity contribution in [3.8, 4) is 59.2 Å². The van der Waals surface area contributed by atoms with Gasteiger partial charge >= 0.3 is 0 Å². The van der Waals surface area contributed by atoms with Crippen LogP contribution in [0.25, 0.3) is 55.6 Å². The third-order valence-corrected chi connectivity index (χ3v) is 20.3. The zero-order valence-electron chi connectivity index (χ0n) is 65.4. The van der Waals surface area contributed by atoms with Crippen LogP contribution in [0, 0.1) is 69.7 Å². The van der Waals surface area contributed by atoms with E-state index in [-0.39, 0.29) is 73.5 Å². The Labute approximate surface area is 700 Å². The summed E-state index contributed by atoms with van der Waals surface area (Å²) >= 11 is 5.09. The number of nitrogens with two attached hydrogens (primary N) is 5. The summed E-state index contributed by atoms with van der Waals surface area (Å²) < 4.78 is 111. The topological polar surface area (TPSA) is 735 Å². The van der Waals surface area contributed by atoms with Crippen molar-refractivity contribution in [3.63, 3.8) is 0 Å². The van der Waals surface area contributed by atoms with Crippen LogP contribution < -0.4 is 45.3 Å². The van der Waals surface area contributed by atoms with E-state index < -0.39 is 212 Å². The van der Waals surface area contributed by atoms with Gasteiger partial charge in [0.25, 0.3) is 16.7 Å². The molecule has 5 saturated heterocycles. The lowest BCUT2D eigenvalue weighted by molar-refractivity contribution is -0.0847. The number of nitrogen functional groups attached to an aromatic ring is 5. The second-order valence-corrected chi connectivity index (χ2v) is 29.0. The number of anilines is 5. The molecule has 0 spiro atoms. The third kappa shape index (κ3) is 17.6. The van der Waals surface area contributed by atoms with E-state index in [1.165, 1.54) is 79.4 Å². The fourth-order valence-corrected chi connectivity index (χ4v) is 14.5. The van der Waals surface area contributed by atoms with Gasteiger partial charge in [-0.05, 0) is 40.7 Å². The van der Waals surface area contributed by atoms with E-state index in [4.69, 9.17) is 64.6 Å². The third-order valence-electron chi connectivity index (χ3n) is 20.0. The summed E-state index contributed by atoms with van der Waals surface area (Å²) in [5, 5.41) is 155. The molecule has 53 heteroatoms. The Morgan fingerprint density at radius 1 is 0.440 bits per heavy atom. The Kier molecular flexibility index (Phi) is 27.8. The highest BCUT2D eigenvalue weighted by atomic mass is 32.1. The summed E-state index contributed by atoms with van der Waals surface area (Å²) in [6, 6.07) is 1.43. The van der Waals surface area contributed by atoms with E-state index >= 15 is 0 Å². The van der Waals surface area contributed by atoms with Crippen LogP contribution in [0.1, 0.15) is 65.8 Å². The van der Waals surface area contributed by atoms with Crippen molar-refractivity contribution in [2.45, 2.75) is 185 Å². The van der Waals surface area contributed by atoms with Crippen LogP contribution >= 0.6 is 12.2 Å². The van der Waals surface area contributed by atoms with Gasteiger partial charge < -0.3 is 139 Å². The van der Waals surface area contributed by atoms with Crippen molar-refractivity contribution in [1.29, 1.82) is 0 Å². The molecule has 0 aliphatic carbocycles. The highest BCUT2D eigenvalue weighted by molar-refractivity contribution is 7.71. The molecule has 10 aromatic heterocycles. The van der Waals surface area contributed by atoms with Crippen LogP contribution in [-0.4, -0.2) is 317 Å². The Hall–Kier alpha value is -11.9. The summed E-state index contributed by atoms with van der Waals surface area (Å²) in [4.78, 5) is 80.8. The van der Waals surface area contributed by atoms with Gasteiger partial charge in [-0.3, -0.25) is 47.6 Å². The molecule has 25 atom stereocenters. The summed E-state index contributed by atoms with van der Waals surface area (Å²) in [6.45, 7) is 1.55. The molecule has 5 aliphatic rings. The number of hydrogen-bond donors (Lipinski definition) is 24. The number of fused-ring (bicyclic) bond motifs is 5. The number of nitrogens with one attached hydrogen (secondary N) is 4. The van der Waals surface area contributed by atoms with Gasteiger partial charge in [-0.25, -0.2) is 51.3 Å². The van der Waals surface area contributed by atoms with Gasteiger partial charge in [-0.2, -0.15) is 19.9 Å². The number of halogens is 6. The normalized spacial score (nSPS) is 30.2. The molecule has 5 unspecified atom stereocenters. The van der Waals surface area contributed by atoms with Crippen LogP contribution in [0.5, 0.6) is 0 Å². The highest BCUT2D eigenvalue weighted by Gasteiger charge is 2.62. The number of H-pyrrole nitrogens is 4. The van der Waals surface area contributed by atoms with Gasteiger partial charge in [0.1, 0.15) is 116 Å². The maximum atomic E-state index is 14.2. The van der Waals surface area contributed by atoms with E-state index in [2.05, 4.69) is 112 Å². The van der Waals surface area contributed by atoms with Crippen LogP contribution in [-0.2, 0) is 23.7 Å². The molecule has 0 bridgehead atoms. The number of alkyl halides is 5. The largest absolute Gasteiger partial charge is 0.391 e. The second-order valence-electron chi connectivity index (χ2n) is 28.6. The first-order valence-electron chi connectivity index (χ1n) is 36.8. The predicted molar refractivity (Wildman–Crippen MR) is 420 cm³/mol. The molecule has 670 valence electrons. The molecule has 15 heterocycles. The van der Waals surface area contributed by atoms with Crippen LogP contribution in [0.2, 0.25) is 0 Å². The SMILES string of the molecule is C[C@@H](O)[C@H]1O[C@@H](n2cc(F)c3c(=O)[nH]c(N)nc32)C(O)(C#CCF)[C@H]1O.C[C@@H](O)[C@H]1O[C@@H](n2ccc3c(=O)[nH]c(N)nc32)C(O)(C#CCF)[C@H]1O.C[C@@H](O)[C@H]1O[C@@H](n2cnc3c(=O)[nH]c(N)nc32)C(O)(C#CCF)[C@H]1O.C[C@@H](O)[C@H]1O[C@@H](n2cnc3c(=S)nc(N)[nH]c32)C(O)(C#CCF)[C@H]1O.C[C@@H](O)[C@H]1O[C@@H](n2cnc3cnc(N)nc32)C(O)(C#CCF)[C@H]1O. The standard InChI is InChI=1S/C15H16F2N4O5.C15H17FN4O5.C14H16FN5O5.C14H16FN5O4S.C14H16FN5O4/c1-6(22)9-10(23)15(25,3-2-4-16)13(26-9)21-5-7(17)8-11(21)19-14(18)20-12(8)24;1-7(21)9-10(22)15(24,4-2-5-16)13(25-9)20-6-3-8-11(20)18-14(17)19-12(8)23;1-6(21)8-9(22)14(24,3-2-4-15)12(25-8)20-5-17-7-10(20)18-13(16)19-11(7)23;1-6(21)8-9(22)14(23,3-2-4-15)12(24-8)20-5-17-7-10(20)18-13(16)19-11(7)25;1-7(21)9-10(22)14(23,3-2-4-15)12(24-9)20-6-18-8-5-17-13(16)19-11(8)20/h5-6,9-10,13,22-23,25H,4H2,1H3,(H3,18,19,20,24);3,6-7,9-10,13,21-22,24H,5H2,1H3,(H3,17,18,19,23);5-6,8-9,12,21-22,24H,4H2,1H3,(H3,16,18,19,23);5-6,8-9,12,21-23H,4H2,1H3,(H3,16,18,19,25);5-7,9-10,12,21-23H,4H2,1H3,(H2,16,17,19)/t6-,9-,10+,13-,15?;7-,9-,10+,13-,15?;2*6-,8-,9+,12-,14?;7-,9-,10+,12-,14?/m11111/s1. The van der Waals surface area contributed by atoms with Crippen LogP contribution in [0.3, 0.4) is 0 Å². The number of aromatic nitrogens is 18. The van der Waals surface area contributed by atoms with Gasteiger partial charge in [-0.1, -0.05) is 71.4 Å². The van der Waals surface area contributed by atoms with Gasteiger partial charge in [-0.15, -0.1) is 0 Å². The fraction of sp³-hybridized carbons (Fsp3) is 0.486. The lowest BCUT2D eigenvalue weighted by atomic mass is 9.92. The summed E-state index contributed by atoms with van der Waals surface area (Å²) in [7, 11) is 0. The smallest absolute Gasteiger partial charge is 0.280 e. The second kappa shape index (κ2) is 37.1. The van der Waals surface area contributed by atoms with E-state index in [1.807, 2.05) is 11.8 Å². The van der Waals surface area contributed by atoms with Crippen LogP contribution in [0.15, 0.2) is 58.0 Å². The first-order chi connectivity index (χ1) is 59.0. The minimum Gasteiger partial charge on any atom is -0.391 e. The van der Waals surface area contributed by atoms with Crippen molar-refractivity contribution in [2.75, 3.05) is 62.0 Å². The maximum Gasteiger partial charge on any atom is 0.280 e. The van der Waals surface area contributed by atoms with Crippen molar-refractivity contribution in [3.05, 3.63) is 85.2 Å². The Bertz CT molecular complexity index is 5900. The number of rotatable bonds is 10. The molecule has 10 aromatic rings. The summed E-state index contributed by atoms with van der Waals surface area (Å²) in [5.74, 6) is 19.8. The number of aliphatic hydroxyl groups is 15. The molecule has 15 rings (SSSR count). The molecule has 0 radical (unpaired) electrons. The molecular formula is C72H81F6N23O23S. The van der Waals surface area contributed by atoms with E-state index in [9.17, 15) is 117 Å². The number of aromatic amines is 4. The number of aliphatic hydroxyl groups excluding tert-OH is 10. The van der Waals surface area contributed by atoms with Crippen LogP contribution in [0.4, 0.5) is 56.1 Å². The van der Waals surface area contributed by atoms with Gasteiger partial charge in [0, 0.05) is 12.4 Å². The fourth-order valence-electron chi connectivity index (χ4n) is 14.3. The van der Waals surface area contributed by atoms with Crippen molar-refractivity contribution in [1.82, 2.24) is 87.6 Å². The highest BCUT2D eigenvalue weighted by Crippen LogP contribution is 2.46. The zero-order valence-corrected chi connectivity index (χ0v) is 66.2. The summed E-state index contributed by atoms with van der Waals surface area (Å²) in [5.41, 5.74) is 15.5. The monoisotopic (exact) mass is 1780 g/mol. The number of hydrogen-bond acceptors (Lipinski definition) is 38. The van der Waals surface area contributed by atoms with E-state index in [0.717, 1.165) is 21.7 Å². The quantitative estimate of drug-likeness (QED) is 0.0344. The molecule has 5 fully saturated rings. The molecule has 0 amide bonds. The average molecular weight is 1780 g/mol. The Morgan fingerprint density at radius 3 is 1.21 bits per heavy atom. The molecule has 29 N–H and O–H groups in total. The molecule has 0 saturated carbocycles. The molecular weight excluding hydrogens is 1700 g/mol. The average Bonchev–Trinajstić information content (AvgIpc) is 1.61. The van der Waals surface area contributed by atoms with Crippen molar-refractivity contribution >= 4 is 97.5 Å². The van der Waals surface area contributed by atoms with E-state index in [0.29, 0.717) is 11.0 Å². The lowest BCUT2D eigenvalue weighted by Crippen LogP contribution is -2.47. The maximum absolute atomic E-state index is 14.2. The first-order valence-corrected chi connectivity index (χ1v) is 37.2. The van der Waals surface area contributed by atoms with Crippen molar-refractivity contribution < 1.29 is 127 Å². The van der Waals surface area contributed by atoms with Gasteiger partial charge in [0.05, 0.1) is 61.1 Å². The lowest BCUT2D eigenvalue weighted by Gasteiger charge is -2.26. The minimum atomic E-state index is -2.40. The number of nitrogens with zero attached hydrogens (tertiary/aromatic N) is 14. The number of imidazole rings is 3. The first kappa shape index (κ1) is 93.8. The molecule has 46 nitrogen and oxygen atoms in total.